The van der Waals surface area contributed by atoms with E-state index in [1.54, 1.807) is 0 Å². The number of anilines is 2. The zero-order valence-electron chi connectivity index (χ0n) is 15.7. The number of rotatable bonds is 5. The molecule has 0 bridgehead atoms. The summed E-state index contributed by atoms with van der Waals surface area (Å²) >= 11 is 0. The first kappa shape index (κ1) is 17.4. The Kier molecular flexibility index (Phi) is 4.99. The van der Waals surface area contributed by atoms with E-state index in [4.69, 9.17) is 9.47 Å². The molecule has 0 aromatic heterocycles. The summed E-state index contributed by atoms with van der Waals surface area (Å²) < 4.78 is 11.5. The van der Waals surface area contributed by atoms with Crippen LogP contribution in [0, 0.1) is 0 Å². The van der Waals surface area contributed by atoms with Gasteiger partial charge in [-0.05, 0) is 55.6 Å². The van der Waals surface area contributed by atoms with E-state index in [9.17, 15) is 0 Å². The summed E-state index contributed by atoms with van der Waals surface area (Å²) in [6, 6.07) is 22.9. The molecule has 0 aliphatic carbocycles. The molecular weight excluding hydrogens is 336 g/mol. The number of fused-ring (bicyclic) bond motifs is 1. The molecule has 1 aliphatic heterocycles. The summed E-state index contributed by atoms with van der Waals surface area (Å²) in [6.07, 6.45) is 0. The molecule has 138 valence electrons. The standard InChI is InChI=1S/C23H24N2O2/c1-25(2)16-17-5-3-6-20(15-17)24-19-11-9-18(10-12-19)21-7-4-8-22-23(21)27-14-13-26-22/h3-12,15,24H,13-14,16H2,1-2H3. The number of nitrogens with one attached hydrogen (secondary N) is 1. The van der Waals surface area contributed by atoms with Crippen LogP contribution in [0.25, 0.3) is 11.1 Å². The van der Waals surface area contributed by atoms with E-state index in [2.05, 4.69) is 78.9 Å². The first-order chi connectivity index (χ1) is 13.2. The first-order valence-corrected chi connectivity index (χ1v) is 9.19. The van der Waals surface area contributed by atoms with Crippen molar-refractivity contribution in [2.75, 3.05) is 32.6 Å². The molecular formula is C23H24N2O2. The van der Waals surface area contributed by atoms with Gasteiger partial charge >= 0.3 is 0 Å². The zero-order chi connectivity index (χ0) is 18.6. The molecule has 4 rings (SSSR count). The van der Waals surface area contributed by atoms with Gasteiger partial charge in [0.15, 0.2) is 11.5 Å². The average Bonchev–Trinajstić information content (AvgIpc) is 2.68. The maximum atomic E-state index is 5.84. The van der Waals surface area contributed by atoms with Gasteiger partial charge in [-0.15, -0.1) is 0 Å². The number of hydrogen-bond donors (Lipinski definition) is 1. The first-order valence-electron chi connectivity index (χ1n) is 9.19. The van der Waals surface area contributed by atoms with E-state index in [-0.39, 0.29) is 0 Å². The molecule has 3 aromatic rings. The highest BCUT2D eigenvalue weighted by molar-refractivity contribution is 5.76. The fraction of sp³-hybridized carbons (Fsp3) is 0.217. The molecule has 1 heterocycles. The Morgan fingerprint density at radius 2 is 1.63 bits per heavy atom. The molecule has 0 atom stereocenters. The maximum Gasteiger partial charge on any atom is 0.169 e. The third-order valence-electron chi connectivity index (χ3n) is 4.48. The van der Waals surface area contributed by atoms with Gasteiger partial charge in [-0.1, -0.05) is 36.4 Å². The highest BCUT2D eigenvalue weighted by atomic mass is 16.6. The lowest BCUT2D eigenvalue weighted by atomic mass is 10.0. The Labute approximate surface area is 160 Å². The summed E-state index contributed by atoms with van der Waals surface area (Å²) in [5.74, 6) is 1.65. The van der Waals surface area contributed by atoms with E-state index >= 15 is 0 Å². The van der Waals surface area contributed by atoms with Gasteiger partial charge in [-0.3, -0.25) is 0 Å². The second-order valence-corrected chi connectivity index (χ2v) is 6.97. The van der Waals surface area contributed by atoms with E-state index in [0.717, 1.165) is 40.5 Å². The van der Waals surface area contributed by atoms with Crippen molar-refractivity contribution in [3.63, 3.8) is 0 Å². The molecule has 27 heavy (non-hydrogen) atoms. The Morgan fingerprint density at radius 1 is 0.852 bits per heavy atom. The minimum Gasteiger partial charge on any atom is -0.486 e. The number of benzene rings is 3. The molecule has 0 saturated heterocycles. The lowest BCUT2D eigenvalue weighted by Crippen LogP contribution is -2.15. The van der Waals surface area contributed by atoms with E-state index < -0.39 is 0 Å². The van der Waals surface area contributed by atoms with Crippen LogP contribution in [0.4, 0.5) is 11.4 Å². The van der Waals surface area contributed by atoms with Gasteiger partial charge in [0, 0.05) is 23.5 Å². The van der Waals surface area contributed by atoms with Crippen molar-refractivity contribution in [2.45, 2.75) is 6.54 Å². The van der Waals surface area contributed by atoms with Crippen molar-refractivity contribution in [1.29, 1.82) is 0 Å². The van der Waals surface area contributed by atoms with Crippen LogP contribution in [0.2, 0.25) is 0 Å². The molecule has 0 radical (unpaired) electrons. The molecule has 0 amide bonds. The number of para-hydroxylation sites is 1. The molecule has 0 spiro atoms. The molecule has 1 N–H and O–H groups in total. The van der Waals surface area contributed by atoms with Crippen LogP contribution in [0.3, 0.4) is 0 Å². The summed E-state index contributed by atoms with van der Waals surface area (Å²) in [5, 5.41) is 3.48. The Hall–Kier alpha value is -2.98. The van der Waals surface area contributed by atoms with E-state index in [1.165, 1.54) is 5.56 Å². The predicted molar refractivity (Wildman–Crippen MR) is 110 cm³/mol. The van der Waals surface area contributed by atoms with Gasteiger partial charge in [-0.25, -0.2) is 0 Å². The van der Waals surface area contributed by atoms with Crippen LogP contribution in [-0.4, -0.2) is 32.2 Å². The zero-order valence-corrected chi connectivity index (χ0v) is 15.7. The van der Waals surface area contributed by atoms with Crippen LogP contribution >= 0.6 is 0 Å². The average molecular weight is 360 g/mol. The third kappa shape index (κ3) is 4.07. The second-order valence-electron chi connectivity index (χ2n) is 6.97. The van der Waals surface area contributed by atoms with Gasteiger partial charge in [0.05, 0.1) is 0 Å². The topological polar surface area (TPSA) is 33.7 Å². The third-order valence-corrected chi connectivity index (χ3v) is 4.48. The predicted octanol–water partition coefficient (Wildman–Crippen LogP) is 4.93. The second kappa shape index (κ2) is 7.72. The maximum absolute atomic E-state index is 5.84. The molecule has 0 unspecified atom stereocenters. The number of ether oxygens (including phenoxy) is 2. The van der Waals surface area contributed by atoms with Crippen molar-refractivity contribution in [3.05, 3.63) is 72.3 Å². The quantitative estimate of drug-likeness (QED) is 0.699. The molecule has 3 aromatic carbocycles. The van der Waals surface area contributed by atoms with Crippen LogP contribution in [-0.2, 0) is 6.54 Å². The molecule has 4 heteroatoms. The molecule has 0 fully saturated rings. The Morgan fingerprint density at radius 3 is 2.44 bits per heavy atom. The van der Waals surface area contributed by atoms with Crippen molar-refractivity contribution in [2.24, 2.45) is 0 Å². The summed E-state index contributed by atoms with van der Waals surface area (Å²) in [7, 11) is 4.16. The monoisotopic (exact) mass is 360 g/mol. The van der Waals surface area contributed by atoms with E-state index in [0.29, 0.717) is 13.2 Å². The largest absolute Gasteiger partial charge is 0.486 e. The highest BCUT2D eigenvalue weighted by Crippen LogP contribution is 2.40. The van der Waals surface area contributed by atoms with Crippen molar-refractivity contribution < 1.29 is 9.47 Å². The lowest BCUT2D eigenvalue weighted by Gasteiger charge is -2.21. The summed E-state index contributed by atoms with van der Waals surface area (Å²) in [5.41, 5.74) is 5.62. The molecule has 1 aliphatic rings. The van der Waals surface area contributed by atoms with Gasteiger partial charge in [0.25, 0.3) is 0 Å². The fourth-order valence-electron chi connectivity index (χ4n) is 3.31. The summed E-state index contributed by atoms with van der Waals surface area (Å²) in [6.45, 7) is 2.12. The van der Waals surface area contributed by atoms with Crippen LogP contribution < -0.4 is 14.8 Å². The summed E-state index contributed by atoms with van der Waals surface area (Å²) in [4.78, 5) is 2.17. The fourth-order valence-corrected chi connectivity index (χ4v) is 3.31. The normalized spacial score (nSPS) is 12.9. The van der Waals surface area contributed by atoms with Crippen LogP contribution in [0.15, 0.2) is 66.7 Å². The number of nitrogens with zero attached hydrogens (tertiary/aromatic N) is 1. The SMILES string of the molecule is CN(C)Cc1cccc(Nc2ccc(-c3cccc4c3OCCO4)cc2)c1. The van der Waals surface area contributed by atoms with Gasteiger partial charge in [0.1, 0.15) is 13.2 Å². The molecule has 4 nitrogen and oxygen atoms in total. The van der Waals surface area contributed by atoms with Crippen LogP contribution in [0.5, 0.6) is 11.5 Å². The smallest absolute Gasteiger partial charge is 0.169 e. The lowest BCUT2D eigenvalue weighted by molar-refractivity contribution is 0.172. The van der Waals surface area contributed by atoms with Crippen LogP contribution in [0.1, 0.15) is 5.56 Å². The van der Waals surface area contributed by atoms with Gasteiger partial charge < -0.3 is 19.7 Å². The minimum atomic E-state index is 0.590. The van der Waals surface area contributed by atoms with Crippen molar-refractivity contribution >= 4 is 11.4 Å². The minimum absolute atomic E-state index is 0.590. The molecule has 0 saturated carbocycles. The van der Waals surface area contributed by atoms with E-state index in [1.807, 2.05) is 12.1 Å². The number of hydrogen-bond acceptors (Lipinski definition) is 4. The van der Waals surface area contributed by atoms with Crippen molar-refractivity contribution in [3.8, 4) is 22.6 Å². The van der Waals surface area contributed by atoms with Gasteiger partial charge in [0.2, 0.25) is 0 Å². The Bertz CT molecular complexity index is 920. The highest BCUT2D eigenvalue weighted by Gasteiger charge is 2.16. The van der Waals surface area contributed by atoms with Gasteiger partial charge in [-0.2, -0.15) is 0 Å². The Balaban J connectivity index is 1.53. The van der Waals surface area contributed by atoms with Crippen molar-refractivity contribution in [1.82, 2.24) is 4.90 Å².